The van der Waals surface area contributed by atoms with Crippen molar-refractivity contribution in [1.82, 2.24) is 0 Å². The van der Waals surface area contributed by atoms with Crippen LogP contribution in [0.4, 0.5) is 0 Å². The van der Waals surface area contributed by atoms with Crippen LogP contribution in [-0.4, -0.2) is 8.07 Å². The molecule has 0 N–H and O–H groups in total. The Morgan fingerprint density at radius 1 is 0.385 bits per heavy atom. The first-order valence-electron chi connectivity index (χ1n) is 9.10. The van der Waals surface area contributed by atoms with Gasteiger partial charge in [-0.25, -0.2) is 0 Å². The maximum Gasteiger partial charge on any atom is 0.152 e. The Hall–Kier alpha value is -2.90. The van der Waals surface area contributed by atoms with Crippen LogP contribution in [-0.2, 0) is 6.04 Å². The highest BCUT2D eigenvalue weighted by Gasteiger charge is 2.39. The van der Waals surface area contributed by atoms with Gasteiger partial charge in [0.1, 0.15) is 0 Å². The van der Waals surface area contributed by atoms with Crippen LogP contribution >= 0.6 is 0 Å². The van der Waals surface area contributed by atoms with Crippen LogP contribution < -0.4 is 15.6 Å². The predicted molar refractivity (Wildman–Crippen MR) is 114 cm³/mol. The predicted octanol–water partition coefficient (Wildman–Crippen LogP) is 3.94. The molecular weight excluding hydrogens is 328 g/mol. The summed E-state index contributed by atoms with van der Waals surface area (Å²) in [5, 5.41) is 4.38. The first-order chi connectivity index (χ1) is 12.9. The summed E-state index contributed by atoms with van der Waals surface area (Å²) in [5.41, 5.74) is 1.40. The van der Waals surface area contributed by atoms with Gasteiger partial charge < -0.3 is 0 Å². The molecule has 1 heteroatoms. The Morgan fingerprint density at radius 2 is 0.692 bits per heavy atom. The fourth-order valence-electron chi connectivity index (χ4n) is 3.88. The second-order valence-electron chi connectivity index (χ2n) is 6.67. The van der Waals surface area contributed by atoms with E-state index in [1.165, 1.54) is 21.1 Å². The van der Waals surface area contributed by atoms with E-state index in [0.717, 1.165) is 6.04 Å². The van der Waals surface area contributed by atoms with E-state index in [4.69, 9.17) is 0 Å². The molecule has 0 saturated carbocycles. The zero-order chi connectivity index (χ0) is 17.7. The van der Waals surface area contributed by atoms with Crippen molar-refractivity contribution >= 4 is 23.6 Å². The van der Waals surface area contributed by atoms with Gasteiger partial charge in [-0.2, -0.15) is 0 Å². The van der Waals surface area contributed by atoms with Gasteiger partial charge in [0.15, 0.2) is 8.07 Å². The summed E-state index contributed by atoms with van der Waals surface area (Å²) in [4.78, 5) is 0. The van der Waals surface area contributed by atoms with Gasteiger partial charge in [0, 0.05) is 0 Å². The molecule has 0 spiro atoms. The molecule has 0 aromatic heterocycles. The molecule has 0 fully saturated rings. The van der Waals surface area contributed by atoms with Gasteiger partial charge in [0.05, 0.1) is 0 Å². The average Bonchev–Trinajstić information content (AvgIpc) is 2.75. The minimum Gasteiger partial charge on any atom is -0.0624 e. The summed E-state index contributed by atoms with van der Waals surface area (Å²) in [6.07, 6.45) is 0. The maximum atomic E-state index is 2.31. The summed E-state index contributed by atoms with van der Waals surface area (Å²) in [6, 6.07) is 45.2. The van der Waals surface area contributed by atoms with Crippen LogP contribution in [0.25, 0.3) is 0 Å². The summed E-state index contributed by atoms with van der Waals surface area (Å²) in [5.74, 6) is 0. The van der Waals surface area contributed by atoms with Crippen LogP contribution in [0.3, 0.4) is 0 Å². The first kappa shape index (κ1) is 16.6. The lowest BCUT2D eigenvalue weighted by atomic mass is 10.2. The SMILES string of the molecule is c1ccc(C[Si](c2ccccc2)(c2ccccc2)c2ccccc2)cc1. The average molecular weight is 351 g/mol. The van der Waals surface area contributed by atoms with Crippen molar-refractivity contribution in [3.05, 3.63) is 127 Å². The van der Waals surface area contributed by atoms with Gasteiger partial charge in [0.25, 0.3) is 0 Å². The molecule has 0 aliphatic heterocycles. The Labute approximate surface area is 156 Å². The molecule has 4 aromatic carbocycles. The second kappa shape index (κ2) is 7.55. The molecular formula is C25H22Si. The lowest BCUT2D eigenvalue weighted by molar-refractivity contribution is 1.35. The van der Waals surface area contributed by atoms with Crippen molar-refractivity contribution in [2.24, 2.45) is 0 Å². The summed E-state index contributed by atoms with van der Waals surface area (Å²) in [7, 11) is -2.16. The van der Waals surface area contributed by atoms with E-state index in [1.54, 1.807) is 0 Å². The quantitative estimate of drug-likeness (QED) is 0.378. The number of hydrogen-bond donors (Lipinski definition) is 0. The molecule has 0 radical (unpaired) electrons. The van der Waals surface area contributed by atoms with Crippen molar-refractivity contribution in [1.29, 1.82) is 0 Å². The third-order valence-electron chi connectivity index (χ3n) is 5.11. The molecule has 0 bridgehead atoms. The van der Waals surface area contributed by atoms with Gasteiger partial charge in [-0.1, -0.05) is 121 Å². The molecule has 0 aliphatic carbocycles. The van der Waals surface area contributed by atoms with Crippen molar-refractivity contribution < 1.29 is 0 Å². The molecule has 0 heterocycles. The summed E-state index contributed by atoms with van der Waals surface area (Å²) < 4.78 is 0. The molecule has 0 atom stereocenters. The van der Waals surface area contributed by atoms with E-state index >= 15 is 0 Å². The molecule has 0 nitrogen and oxygen atoms in total. The van der Waals surface area contributed by atoms with Crippen molar-refractivity contribution in [3.63, 3.8) is 0 Å². The molecule has 0 unspecified atom stereocenters. The third kappa shape index (κ3) is 3.14. The Morgan fingerprint density at radius 3 is 1.04 bits per heavy atom. The first-order valence-corrected chi connectivity index (χ1v) is 11.3. The monoisotopic (exact) mass is 350 g/mol. The third-order valence-corrected chi connectivity index (χ3v) is 10.0. The van der Waals surface area contributed by atoms with Crippen LogP contribution in [0.15, 0.2) is 121 Å². The van der Waals surface area contributed by atoms with Gasteiger partial charge in [-0.15, -0.1) is 0 Å². The molecule has 4 rings (SSSR count). The molecule has 26 heavy (non-hydrogen) atoms. The zero-order valence-corrected chi connectivity index (χ0v) is 15.8. The fraction of sp³-hybridized carbons (Fsp3) is 0.0400. The lowest BCUT2D eigenvalue weighted by Crippen LogP contribution is -2.68. The fourth-order valence-corrected chi connectivity index (χ4v) is 8.62. The van der Waals surface area contributed by atoms with Crippen LogP contribution in [0.1, 0.15) is 5.56 Å². The molecule has 0 aliphatic rings. The summed E-state index contributed by atoms with van der Waals surface area (Å²) >= 11 is 0. The number of benzene rings is 4. The van der Waals surface area contributed by atoms with E-state index in [2.05, 4.69) is 121 Å². The zero-order valence-electron chi connectivity index (χ0n) is 14.8. The van der Waals surface area contributed by atoms with Crippen LogP contribution in [0, 0.1) is 0 Å². The maximum absolute atomic E-state index is 2.31. The standard InChI is InChI=1S/C25H22Si/c1-5-13-22(14-6-1)21-26(23-15-7-2-8-16-23,24-17-9-3-10-18-24)25-19-11-4-12-20-25/h1-20H,21H2. The van der Waals surface area contributed by atoms with Gasteiger partial charge >= 0.3 is 0 Å². The smallest absolute Gasteiger partial charge is 0.0624 e. The highest BCUT2D eigenvalue weighted by atomic mass is 28.3. The van der Waals surface area contributed by atoms with E-state index in [9.17, 15) is 0 Å². The minimum atomic E-state index is -2.16. The van der Waals surface area contributed by atoms with E-state index < -0.39 is 8.07 Å². The minimum absolute atomic E-state index is 1.06. The summed E-state index contributed by atoms with van der Waals surface area (Å²) in [6.45, 7) is 0. The topological polar surface area (TPSA) is 0 Å². The van der Waals surface area contributed by atoms with Gasteiger partial charge in [-0.3, -0.25) is 0 Å². The second-order valence-corrected chi connectivity index (χ2v) is 10.6. The van der Waals surface area contributed by atoms with Crippen molar-refractivity contribution in [2.75, 3.05) is 0 Å². The highest BCUT2D eigenvalue weighted by Crippen LogP contribution is 2.14. The van der Waals surface area contributed by atoms with Crippen molar-refractivity contribution in [2.45, 2.75) is 6.04 Å². The molecule has 0 saturated heterocycles. The van der Waals surface area contributed by atoms with E-state index in [1.807, 2.05) is 0 Å². The van der Waals surface area contributed by atoms with Crippen LogP contribution in [0.5, 0.6) is 0 Å². The highest BCUT2D eigenvalue weighted by molar-refractivity contribution is 7.11. The lowest BCUT2D eigenvalue weighted by Gasteiger charge is -2.34. The largest absolute Gasteiger partial charge is 0.152 e. The van der Waals surface area contributed by atoms with E-state index in [-0.39, 0.29) is 0 Å². The Bertz CT molecular complexity index is 836. The Balaban J connectivity index is 2.00. The van der Waals surface area contributed by atoms with Gasteiger partial charge in [-0.05, 0) is 27.2 Å². The van der Waals surface area contributed by atoms with E-state index in [0.29, 0.717) is 0 Å². The Kier molecular flexibility index (Phi) is 4.81. The van der Waals surface area contributed by atoms with Crippen LogP contribution in [0.2, 0.25) is 0 Å². The molecule has 126 valence electrons. The number of hydrogen-bond acceptors (Lipinski definition) is 0. The molecule has 4 aromatic rings. The van der Waals surface area contributed by atoms with Crippen molar-refractivity contribution in [3.8, 4) is 0 Å². The molecule has 0 amide bonds. The normalized spacial score (nSPS) is 11.2. The van der Waals surface area contributed by atoms with Gasteiger partial charge in [0.2, 0.25) is 0 Å². The number of rotatable bonds is 5.